The Morgan fingerprint density at radius 2 is 2.14 bits per heavy atom. The highest BCUT2D eigenvalue weighted by molar-refractivity contribution is 5.99. The number of alkyl halides is 1. The second-order valence-corrected chi connectivity index (χ2v) is 3.80. The number of ether oxygens (including phenoxy) is 1. The first-order chi connectivity index (χ1) is 6.58. The molecule has 74 valence electrons. The third-order valence-corrected chi connectivity index (χ3v) is 2.25. The first kappa shape index (κ1) is 9.19. The van der Waals surface area contributed by atoms with Gasteiger partial charge >= 0.3 is 0 Å². The van der Waals surface area contributed by atoms with Crippen LogP contribution in [0.3, 0.4) is 0 Å². The fourth-order valence-electron chi connectivity index (χ4n) is 1.53. The van der Waals surface area contributed by atoms with E-state index in [1.807, 2.05) is 0 Å². The zero-order valence-electron chi connectivity index (χ0n) is 7.92. The molecule has 2 rings (SSSR count). The molecule has 0 aromatic heterocycles. The van der Waals surface area contributed by atoms with Crippen LogP contribution in [-0.4, -0.2) is 18.1 Å². The fraction of sp³-hybridized carbons (Fsp3) is 0.364. The second-order valence-electron chi connectivity index (χ2n) is 3.80. The summed E-state index contributed by atoms with van der Waals surface area (Å²) in [4.78, 5) is 11.6. The number of halogens is 1. The summed E-state index contributed by atoms with van der Waals surface area (Å²) >= 11 is 0. The number of benzene rings is 1. The predicted octanol–water partition coefficient (Wildman–Crippen LogP) is 2.38. The molecule has 14 heavy (non-hydrogen) atoms. The number of carbonyl (C=O) groups excluding carboxylic acids is 1. The molecule has 0 saturated heterocycles. The molecule has 1 aromatic rings. The van der Waals surface area contributed by atoms with Crippen molar-refractivity contribution >= 4 is 5.78 Å². The van der Waals surface area contributed by atoms with Gasteiger partial charge < -0.3 is 4.74 Å². The molecule has 1 heterocycles. The predicted molar refractivity (Wildman–Crippen MR) is 50.4 cm³/mol. The molecule has 0 aliphatic carbocycles. The molecule has 3 heteroatoms. The summed E-state index contributed by atoms with van der Waals surface area (Å²) in [6.07, 6.45) is -0.107. The summed E-state index contributed by atoms with van der Waals surface area (Å²) in [6, 6.07) is 6.88. The number of para-hydroxylation sites is 1. The van der Waals surface area contributed by atoms with Crippen molar-refractivity contribution in [1.29, 1.82) is 0 Å². The van der Waals surface area contributed by atoms with E-state index in [1.165, 1.54) is 6.92 Å². The summed E-state index contributed by atoms with van der Waals surface area (Å²) < 4.78 is 18.8. The quantitative estimate of drug-likeness (QED) is 0.633. The third-order valence-electron chi connectivity index (χ3n) is 2.25. The number of carbonyl (C=O) groups is 1. The molecule has 0 bridgehead atoms. The van der Waals surface area contributed by atoms with E-state index in [1.54, 1.807) is 24.3 Å². The summed E-state index contributed by atoms with van der Waals surface area (Å²) in [5.74, 6) is 0.293. The molecule has 1 aliphatic rings. The van der Waals surface area contributed by atoms with Crippen molar-refractivity contribution in [3.63, 3.8) is 0 Å². The fourth-order valence-corrected chi connectivity index (χ4v) is 1.53. The van der Waals surface area contributed by atoms with E-state index in [0.717, 1.165) is 0 Å². The molecule has 0 amide bonds. The van der Waals surface area contributed by atoms with Gasteiger partial charge in [-0.25, -0.2) is 4.39 Å². The maximum atomic E-state index is 13.6. The minimum Gasteiger partial charge on any atom is -0.489 e. The van der Waals surface area contributed by atoms with Gasteiger partial charge in [-0.1, -0.05) is 12.1 Å². The number of hydrogen-bond acceptors (Lipinski definition) is 2. The summed E-state index contributed by atoms with van der Waals surface area (Å²) in [5, 5.41) is 0. The van der Waals surface area contributed by atoms with Crippen molar-refractivity contribution in [2.24, 2.45) is 0 Å². The van der Waals surface area contributed by atoms with Crippen molar-refractivity contribution in [3.05, 3.63) is 29.8 Å². The normalized spacial score (nSPS) is 26.3. The number of ketones is 1. The second kappa shape index (κ2) is 3.08. The SMILES string of the molecule is CC1(F)COc2ccccc2C(=O)C1. The third kappa shape index (κ3) is 1.62. The molecule has 1 aliphatic heterocycles. The zero-order chi connectivity index (χ0) is 10.2. The molecule has 0 saturated carbocycles. The van der Waals surface area contributed by atoms with Crippen molar-refractivity contribution in [2.75, 3.05) is 6.61 Å². The Labute approximate surface area is 81.7 Å². The topological polar surface area (TPSA) is 26.3 Å². The lowest BCUT2D eigenvalue weighted by Gasteiger charge is -2.15. The van der Waals surface area contributed by atoms with E-state index >= 15 is 0 Å². The average molecular weight is 194 g/mol. The molecule has 1 aromatic carbocycles. The van der Waals surface area contributed by atoms with Crippen LogP contribution >= 0.6 is 0 Å². The average Bonchev–Trinajstić information content (AvgIpc) is 2.24. The van der Waals surface area contributed by atoms with Gasteiger partial charge in [0.25, 0.3) is 0 Å². The zero-order valence-corrected chi connectivity index (χ0v) is 7.92. The molecule has 0 radical (unpaired) electrons. The Balaban J connectivity index is 2.41. The number of Topliss-reactive ketones (excluding diaryl/α,β-unsaturated/α-hetero) is 1. The van der Waals surface area contributed by atoms with Gasteiger partial charge in [0.05, 0.1) is 5.56 Å². The molecular formula is C11H11FO2. The number of hydrogen-bond donors (Lipinski definition) is 0. The van der Waals surface area contributed by atoms with Gasteiger partial charge in [0.15, 0.2) is 5.78 Å². The van der Waals surface area contributed by atoms with Gasteiger partial charge in [-0.2, -0.15) is 0 Å². The lowest BCUT2D eigenvalue weighted by molar-refractivity contribution is 0.0774. The monoisotopic (exact) mass is 194 g/mol. The van der Waals surface area contributed by atoms with Crippen LogP contribution in [0, 0.1) is 0 Å². The number of fused-ring (bicyclic) bond motifs is 1. The molecule has 1 unspecified atom stereocenters. The smallest absolute Gasteiger partial charge is 0.169 e. The van der Waals surface area contributed by atoms with E-state index in [-0.39, 0.29) is 18.8 Å². The minimum absolute atomic E-state index is 0.0598. The van der Waals surface area contributed by atoms with E-state index in [2.05, 4.69) is 0 Å². The van der Waals surface area contributed by atoms with Crippen molar-refractivity contribution < 1.29 is 13.9 Å². The molecule has 0 spiro atoms. The van der Waals surface area contributed by atoms with Gasteiger partial charge in [0.2, 0.25) is 0 Å². The van der Waals surface area contributed by atoms with Crippen LogP contribution in [0.25, 0.3) is 0 Å². The molecule has 1 atom stereocenters. The van der Waals surface area contributed by atoms with Crippen LogP contribution < -0.4 is 4.74 Å². The van der Waals surface area contributed by atoms with Gasteiger partial charge in [-0.15, -0.1) is 0 Å². The van der Waals surface area contributed by atoms with Crippen LogP contribution in [0.2, 0.25) is 0 Å². The molecular weight excluding hydrogens is 183 g/mol. The first-order valence-electron chi connectivity index (χ1n) is 4.52. The van der Waals surface area contributed by atoms with Crippen LogP contribution in [-0.2, 0) is 0 Å². The Kier molecular flexibility index (Phi) is 2.02. The van der Waals surface area contributed by atoms with E-state index in [9.17, 15) is 9.18 Å². The highest BCUT2D eigenvalue weighted by Gasteiger charge is 2.32. The summed E-state index contributed by atoms with van der Waals surface area (Å²) in [6.45, 7) is 1.33. The summed E-state index contributed by atoms with van der Waals surface area (Å²) in [7, 11) is 0. The van der Waals surface area contributed by atoms with Gasteiger partial charge in [-0.3, -0.25) is 4.79 Å². The van der Waals surface area contributed by atoms with E-state index in [4.69, 9.17) is 4.74 Å². The van der Waals surface area contributed by atoms with Crippen LogP contribution in [0.4, 0.5) is 4.39 Å². The Morgan fingerprint density at radius 3 is 2.93 bits per heavy atom. The highest BCUT2D eigenvalue weighted by atomic mass is 19.1. The lowest BCUT2D eigenvalue weighted by atomic mass is 9.99. The van der Waals surface area contributed by atoms with Crippen LogP contribution in [0.15, 0.2) is 24.3 Å². The molecule has 0 N–H and O–H groups in total. The maximum Gasteiger partial charge on any atom is 0.169 e. The van der Waals surface area contributed by atoms with E-state index in [0.29, 0.717) is 11.3 Å². The van der Waals surface area contributed by atoms with Gasteiger partial charge in [0.1, 0.15) is 18.0 Å². The Bertz CT molecular complexity index is 371. The molecule has 0 fully saturated rings. The van der Waals surface area contributed by atoms with Crippen LogP contribution in [0.1, 0.15) is 23.7 Å². The highest BCUT2D eigenvalue weighted by Crippen LogP contribution is 2.29. The Hall–Kier alpha value is -1.38. The Morgan fingerprint density at radius 1 is 1.43 bits per heavy atom. The summed E-state index contributed by atoms with van der Waals surface area (Å²) in [5.41, 5.74) is -1.08. The van der Waals surface area contributed by atoms with E-state index < -0.39 is 5.67 Å². The molecule has 2 nitrogen and oxygen atoms in total. The minimum atomic E-state index is -1.56. The van der Waals surface area contributed by atoms with Gasteiger partial charge in [-0.05, 0) is 19.1 Å². The van der Waals surface area contributed by atoms with Crippen molar-refractivity contribution in [2.45, 2.75) is 19.0 Å². The standard InChI is InChI=1S/C11H11FO2/c1-11(12)6-9(13)8-4-2-3-5-10(8)14-7-11/h2-5H,6-7H2,1H3. The lowest BCUT2D eigenvalue weighted by Crippen LogP contribution is -2.27. The largest absolute Gasteiger partial charge is 0.489 e. The van der Waals surface area contributed by atoms with Crippen molar-refractivity contribution in [3.8, 4) is 5.75 Å². The number of rotatable bonds is 0. The van der Waals surface area contributed by atoms with Crippen molar-refractivity contribution in [1.82, 2.24) is 0 Å². The first-order valence-corrected chi connectivity index (χ1v) is 4.52. The van der Waals surface area contributed by atoms with Gasteiger partial charge in [0, 0.05) is 6.42 Å². The maximum absolute atomic E-state index is 13.6. The van der Waals surface area contributed by atoms with Crippen LogP contribution in [0.5, 0.6) is 5.75 Å².